The van der Waals surface area contributed by atoms with Crippen LogP contribution < -0.4 is 5.32 Å². The lowest BCUT2D eigenvalue weighted by Crippen LogP contribution is -2.35. The van der Waals surface area contributed by atoms with Gasteiger partial charge in [-0.05, 0) is 6.92 Å². The van der Waals surface area contributed by atoms with Gasteiger partial charge in [-0.3, -0.25) is 4.68 Å². The summed E-state index contributed by atoms with van der Waals surface area (Å²) in [5.74, 6) is -0.0497. The zero-order valence-electron chi connectivity index (χ0n) is 16.1. The Bertz CT molecular complexity index is 1180. The number of hydrogen-bond donors (Lipinski definition) is 2. The Balaban J connectivity index is 1.77. The Kier molecular flexibility index (Phi) is 4.90. The lowest BCUT2D eigenvalue weighted by atomic mass is 10.1. The number of aryl methyl sites for hydroxylation is 2. The summed E-state index contributed by atoms with van der Waals surface area (Å²) in [4.78, 5) is 8.96. The molecule has 1 aromatic carbocycles. The number of hydrogen-bond acceptors (Lipinski definition) is 6. The lowest BCUT2D eigenvalue weighted by molar-refractivity contribution is -0.198. The maximum absolute atomic E-state index is 12.6. The van der Waals surface area contributed by atoms with Gasteiger partial charge in [-0.15, -0.1) is 5.10 Å². The Hall–Kier alpha value is -3.47. The highest BCUT2D eigenvalue weighted by Gasteiger charge is 2.38. The summed E-state index contributed by atoms with van der Waals surface area (Å²) in [6.07, 6.45) is -2.22. The number of benzene rings is 1. The largest absolute Gasteiger partial charge is 0.416 e. The van der Waals surface area contributed by atoms with Crippen molar-refractivity contribution < 1.29 is 18.3 Å². The first-order chi connectivity index (χ1) is 14.2. The van der Waals surface area contributed by atoms with E-state index < -0.39 is 18.8 Å². The average molecular weight is 417 g/mol. The third-order valence-corrected chi connectivity index (χ3v) is 4.48. The van der Waals surface area contributed by atoms with Gasteiger partial charge in [0.1, 0.15) is 5.69 Å². The second kappa shape index (κ2) is 7.41. The van der Waals surface area contributed by atoms with Crippen molar-refractivity contribution in [2.75, 3.05) is 11.9 Å². The smallest absolute Gasteiger partial charge is 0.382 e. The van der Waals surface area contributed by atoms with Crippen molar-refractivity contribution in [3.63, 3.8) is 0 Å². The fourth-order valence-electron chi connectivity index (χ4n) is 2.87. The topological polar surface area (TPSA) is 93.2 Å². The van der Waals surface area contributed by atoms with E-state index in [2.05, 4.69) is 20.5 Å². The van der Waals surface area contributed by atoms with Crippen molar-refractivity contribution in [1.82, 2.24) is 29.4 Å². The number of anilines is 1. The molecule has 3 heterocycles. The Morgan fingerprint density at radius 2 is 1.83 bits per heavy atom. The van der Waals surface area contributed by atoms with Gasteiger partial charge in [0, 0.05) is 24.4 Å². The summed E-state index contributed by atoms with van der Waals surface area (Å²) in [6, 6.07) is 7.76. The summed E-state index contributed by atoms with van der Waals surface area (Å²) < 4.78 is 40.7. The van der Waals surface area contributed by atoms with E-state index in [4.69, 9.17) is 4.98 Å². The number of alkyl halides is 3. The second-order valence-electron chi connectivity index (χ2n) is 6.89. The molecule has 0 radical (unpaired) electrons. The maximum Gasteiger partial charge on any atom is 0.416 e. The zero-order chi connectivity index (χ0) is 21.5. The van der Waals surface area contributed by atoms with Crippen molar-refractivity contribution in [2.45, 2.75) is 19.2 Å². The number of aliphatic hydroxyl groups is 1. The van der Waals surface area contributed by atoms with Gasteiger partial charge in [0.15, 0.2) is 11.8 Å². The van der Waals surface area contributed by atoms with E-state index in [1.165, 1.54) is 4.52 Å². The number of aliphatic hydroxyl groups excluding tert-OH is 1. The number of aromatic nitrogens is 6. The van der Waals surface area contributed by atoms with E-state index in [0.717, 1.165) is 11.1 Å². The van der Waals surface area contributed by atoms with Gasteiger partial charge in [0.25, 0.3) is 0 Å². The van der Waals surface area contributed by atoms with Crippen LogP contribution in [0.25, 0.3) is 28.2 Å². The lowest BCUT2D eigenvalue weighted by Gasteiger charge is -2.13. The molecular formula is C19H18F3N7O. The van der Waals surface area contributed by atoms with E-state index in [9.17, 15) is 18.3 Å². The molecule has 0 bridgehead atoms. The van der Waals surface area contributed by atoms with Crippen LogP contribution in [0, 0.1) is 6.92 Å². The van der Waals surface area contributed by atoms with Gasteiger partial charge < -0.3 is 10.4 Å². The highest BCUT2D eigenvalue weighted by molar-refractivity contribution is 5.76. The first-order valence-electron chi connectivity index (χ1n) is 9.03. The fourth-order valence-corrected chi connectivity index (χ4v) is 2.87. The Morgan fingerprint density at radius 3 is 2.47 bits per heavy atom. The van der Waals surface area contributed by atoms with Crippen molar-refractivity contribution in [3.05, 3.63) is 48.4 Å². The van der Waals surface area contributed by atoms with Gasteiger partial charge in [-0.1, -0.05) is 29.8 Å². The minimum Gasteiger partial charge on any atom is -0.382 e. The molecule has 2 N–H and O–H groups in total. The van der Waals surface area contributed by atoms with Crippen LogP contribution in [-0.2, 0) is 7.05 Å². The van der Waals surface area contributed by atoms with Gasteiger partial charge in [-0.25, -0.2) is 9.50 Å². The zero-order valence-corrected chi connectivity index (χ0v) is 16.1. The first-order valence-corrected chi connectivity index (χ1v) is 9.03. The van der Waals surface area contributed by atoms with Crippen LogP contribution in [0.15, 0.2) is 42.9 Å². The number of fused-ring (bicyclic) bond motifs is 1. The SMILES string of the molecule is Cc1ccc(-c2cn3nc(NCC(O)C(F)(F)F)nc3c(-c3cnn(C)c3)n2)cc1. The number of nitrogens with zero attached hydrogens (tertiary/aromatic N) is 6. The van der Waals surface area contributed by atoms with Crippen molar-refractivity contribution in [2.24, 2.45) is 7.05 Å². The Morgan fingerprint density at radius 1 is 1.10 bits per heavy atom. The van der Waals surface area contributed by atoms with E-state index in [0.29, 0.717) is 22.6 Å². The van der Waals surface area contributed by atoms with Crippen molar-refractivity contribution in [3.8, 4) is 22.5 Å². The number of rotatable bonds is 5. The number of halogens is 3. The summed E-state index contributed by atoms with van der Waals surface area (Å²) in [5.41, 5.74) is 4.09. The van der Waals surface area contributed by atoms with Crippen molar-refractivity contribution >= 4 is 11.6 Å². The van der Waals surface area contributed by atoms with Crippen LogP contribution in [0.1, 0.15) is 5.56 Å². The molecule has 0 aliphatic carbocycles. The van der Waals surface area contributed by atoms with Crippen LogP contribution in [0.4, 0.5) is 19.1 Å². The van der Waals surface area contributed by atoms with Gasteiger partial charge in [0.2, 0.25) is 5.95 Å². The molecule has 0 aliphatic heterocycles. The predicted octanol–water partition coefficient (Wildman–Crippen LogP) is 2.84. The molecule has 8 nitrogen and oxygen atoms in total. The highest BCUT2D eigenvalue weighted by atomic mass is 19.4. The van der Waals surface area contributed by atoms with E-state index >= 15 is 0 Å². The molecule has 0 amide bonds. The predicted molar refractivity (Wildman–Crippen MR) is 104 cm³/mol. The van der Waals surface area contributed by atoms with Gasteiger partial charge >= 0.3 is 6.18 Å². The van der Waals surface area contributed by atoms with Crippen LogP contribution in [0.3, 0.4) is 0 Å². The molecule has 0 saturated carbocycles. The Labute approximate surface area is 169 Å². The third-order valence-electron chi connectivity index (χ3n) is 4.48. The molecule has 0 spiro atoms. The summed E-state index contributed by atoms with van der Waals surface area (Å²) >= 11 is 0. The molecule has 3 aromatic heterocycles. The molecule has 30 heavy (non-hydrogen) atoms. The molecular weight excluding hydrogens is 399 g/mol. The summed E-state index contributed by atoms with van der Waals surface area (Å²) in [5, 5.41) is 20.0. The average Bonchev–Trinajstić information content (AvgIpc) is 3.30. The second-order valence-corrected chi connectivity index (χ2v) is 6.89. The van der Waals surface area contributed by atoms with Crippen LogP contribution >= 0.6 is 0 Å². The monoisotopic (exact) mass is 417 g/mol. The van der Waals surface area contributed by atoms with E-state index in [1.54, 1.807) is 30.3 Å². The normalized spacial score (nSPS) is 13.0. The first kappa shape index (κ1) is 19.8. The van der Waals surface area contributed by atoms with Gasteiger partial charge in [0.05, 0.1) is 24.6 Å². The molecule has 4 aromatic rings. The summed E-state index contributed by atoms with van der Waals surface area (Å²) in [6.45, 7) is 1.22. The standard InChI is InChI=1S/C19H18F3N7O/c1-11-3-5-12(6-4-11)14-10-29-17(16(25-14)13-7-24-28(2)9-13)26-18(27-29)23-8-15(30)19(20,21)22/h3-7,9-10,15,30H,8H2,1-2H3,(H,23,27). The minimum absolute atomic E-state index is 0.0497. The van der Waals surface area contributed by atoms with Crippen LogP contribution in [-0.4, -0.2) is 53.3 Å². The molecule has 156 valence electrons. The van der Waals surface area contributed by atoms with E-state index in [-0.39, 0.29) is 5.95 Å². The fraction of sp³-hybridized carbons (Fsp3) is 0.263. The summed E-state index contributed by atoms with van der Waals surface area (Å²) in [7, 11) is 1.76. The molecule has 1 atom stereocenters. The quantitative estimate of drug-likeness (QED) is 0.519. The molecule has 0 saturated heterocycles. The van der Waals surface area contributed by atoms with Crippen LogP contribution in [0.2, 0.25) is 0 Å². The number of nitrogens with one attached hydrogen (secondary N) is 1. The molecule has 11 heteroatoms. The maximum atomic E-state index is 12.6. The van der Waals surface area contributed by atoms with Gasteiger partial charge in [-0.2, -0.15) is 23.3 Å². The third kappa shape index (κ3) is 3.96. The van der Waals surface area contributed by atoms with Crippen LogP contribution in [0.5, 0.6) is 0 Å². The highest BCUT2D eigenvalue weighted by Crippen LogP contribution is 2.27. The molecule has 0 fully saturated rings. The van der Waals surface area contributed by atoms with E-state index in [1.807, 2.05) is 31.2 Å². The van der Waals surface area contributed by atoms with Crippen molar-refractivity contribution in [1.29, 1.82) is 0 Å². The molecule has 4 rings (SSSR count). The molecule has 0 aliphatic rings. The minimum atomic E-state index is -4.73. The molecule has 1 unspecified atom stereocenters.